The fraction of sp³-hybridized carbons (Fsp3) is 0.364. The van der Waals surface area contributed by atoms with E-state index in [9.17, 15) is 22.0 Å². The highest BCUT2D eigenvalue weighted by molar-refractivity contribution is 7.89. The number of halogens is 2. The second kappa shape index (κ2) is 5.33. The summed E-state index contributed by atoms with van der Waals surface area (Å²) in [6.07, 6.45) is -3.48. The van der Waals surface area contributed by atoms with Gasteiger partial charge in [0, 0.05) is 6.42 Å². The summed E-state index contributed by atoms with van der Waals surface area (Å²) < 4.78 is 51.7. The van der Waals surface area contributed by atoms with Crippen molar-refractivity contribution < 1.29 is 26.7 Å². The third-order valence-electron chi connectivity index (χ3n) is 2.76. The number of fused-ring (bicyclic) bond motifs is 1. The van der Waals surface area contributed by atoms with E-state index in [0.717, 1.165) is 0 Å². The molecule has 20 heavy (non-hydrogen) atoms. The molecule has 6 nitrogen and oxygen atoms in total. The van der Waals surface area contributed by atoms with Gasteiger partial charge in [0.25, 0.3) is 12.3 Å². The molecule has 1 aromatic rings. The lowest BCUT2D eigenvalue weighted by Gasteiger charge is -2.10. The highest BCUT2D eigenvalue weighted by atomic mass is 32.2. The van der Waals surface area contributed by atoms with Crippen LogP contribution in [-0.4, -0.2) is 33.4 Å². The molecule has 1 aromatic carbocycles. The number of carbonyl (C=O) groups is 1. The molecule has 1 aliphatic rings. The number of nitrogens with one attached hydrogen (secondary N) is 1. The Morgan fingerprint density at radius 2 is 2.20 bits per heavy atom. The van der Waals surface area contributed by atoms with Crippen LogP contribution in [0.3, 0.4) is 0 Å². The van der Waals surface area contributed by atoms with Crippen LogP contribution in [0.15, 0.2) is 23.1 Å². The minimum Gasteiger partial charge on any atom is -0.480 e. The molecule has 9 heteroatoms. The Labute approximate surface area is 114 Å². The SMILES string of the molecule is NS(=O)(=O)c1ccc2c(c1)CC(C(=O)NCC(F)F)O2. The molecule has 1 atom stereocenters. The normalized spacial score (nSPS) is 17.7. The molecular weight excluding hydrogens is 294 g/mol. The molecule has 1 aliphatic heterocycles. The van der Waals surface area contributed by atoms with Crippen molar-refractivity contribution in [1.82, 2.24) is 5.32 Å². The predicted octanol–water partition coefficient (Wildman–Crippen LogP) is 0.0188. The van der Waals surface area contributed by atoms with Crippen molar-refractivity contribution in [3.05, 3.63) is 23.8 Å². The van der Waals surface area contributed by atoms with Gasteiger partial charge in [-0.1, -0.05) is 0 Å². The molecular formula is C11H12F2N2O4S. The lowest BCUT2D eigenvalue weighted by Crippen LogP contribution is -2.39. The van der Waals surface area contributed by atoms with E-state index in [1.807, 2.05) is 5.32 Å². The Morgan fingerprint density at radius 3 is 2.80 bits per heavy atom. The average Bonchev–Trinajstić information content (AvgIpc) is 2.77. The van der Waals surface area contributed by atoms with Crippen LogP contribution in [0.4, 0.5) is 8.78 Å². The van der Waals surface area contributed by atoms with Gasteiger partial charge in [-0.2, -0.15) is 0 Å². The molecule has 110 valence electrons. The summed E-state index contributed by atoms with van der Waals surface area (Å²) in [7, 11) is -3.84. The number of amides is 1. The van der Waals surface area contributed by atoms with Crippen LogP contribution in [0.5, 0.6) is 5.75 Å². The number of nitrogens with two attached hydrogens (primary N) is 1. The van der Waals surface area contributed by atoms with Gasteiger partial charge in [0.2, 0.25) is 10.0 Å². The topological polar surface area (TPSA) is 98.5 Å². The standard InChI is InChI=1S/C11H12F2N2O4S/c12-10(13)5-15-11(16)9-4-6-3-7(20(14,17)18)1-2-8(6)19-9/h1-3,9-10H,4-5H2,(H,15,16)(H2,14,17,18). The number of primary sulfonamides is 1. The first-order chi connectivity index (χ1) is 9.27. The third-order valence-corrected chi connectivity index (χ3v) is 3.67. The number of ether oxygens (including phenoxy) is 1. The number of benzene rings is 1. The van der Waals surface area contributed by atoms with E-state index in [2.05, 4.69) is 0 Å². The molecule has 3 N–H and O–H groups in total. The van der Waals surface area contributed by atoms with Gasteiger partial charge in [-0.15, -0.1) is 0 Å². The van der Waals surface area contributed by atoms with Gasteiger partial charge >= 0.3 is 0 Å². The Hall–Kier alpha value is -1.74. The molecule has 1 unspecified atom stereocenters. The number of carbonyl (C=O) groups excluding carboxylic acids is 1. The van der Waals surface area contributed by atoms with Gasteiger partial charge in [-0.25, -0.2) is 22.3 Å². The lowest BCUT2D eigenvalue weighted by atomic mass is 10.1. The minimum absolute atomic E-state index is 0.0894. The van der Waals surface area contributed by atoms with Crippen LogP contribution in [-0.2, 0) is 21.2 Å². The van der Waals surface area contributed by atoms with E-state index in [0.29, 0.717) is 11.3 Å². The van der Waals surface area contributed by atoms with Crippen molar-refractivity contribution in [1.29, 1.82) is 0 Å². The summed E-state index contributed by atoms with van der Waals surface area (Å²) in [5.74, 6) is -0.326. The Kier molecular flexibility index (Phi) is 3.91. The smallest absolute Gasteiger partial charge is 0.261 e. The van der Waals surface area contributed by atoms with Crippen molar-refractivity contribution in [2.45, 2.75) is 23.8 Å². The van der Waals surface area contributed by atoms with E-state index in [1.165, 1.54) is 18.2 Å². The number of hydrogen-bond donors (Lipinski definition) is 2. The Balaban J connectivity index is 2.10. The van der Waals surface area contributed by atoms with Gasteiger partial charge in [0.1, 0.15) is 5.75 Å². The maximum absolute atomic E-state index is 12.0. The molecule has 0 aliphatic carbocycles. The van der Waals surface area contributed by atoms with E-state index >= 15 is 0 Å². The second-order valence-corrected chi connectivity index (χ2v) is 5.82. The third kappa shape index (κ3) is 3.23. The maximum Gasteiger partial charge on any atom is 0.261 e. The number of hydrogen-bond acceptors (Lipinski definition) is 4. The molecule has 0 bridgehead atoms. The zero-order chi connectivity index (χ0) is 14.9. The zero-order valence-electron chi connectivity index (χ0n) is 10.2. The van der Waals surface area contributed by atoms with Crippen LogP contribution in [0.2, 0.25) is 0 Å². The van der Waals surface area contributed by atoms with Crippen LogP contribution in [0, 0.1) is 0 Å². The molecule has 0 radical (unpaired) electrons. The van der Waals surface area contributed by atoms with Crippen LogP contribution in [0.25, 0.3) is 0 Å². The van der Waals surface area contributed by atoms with Crippen LogP contribution < -0.4 is 15.2 Å². The minimum atomic E-state index is -3.84. The number of rotatable bonds is 4. The molecule has 0 saturated carbocycles. The first-order valence-electron chi connectivity index (χ1n) is 5.65. The van der Waals surface area contributed by atoms with Gasteiger partial charge in [0.15, 0.2) is 6.10 Å². The lowest BCUT2D eigenvalue weighted by molar-refractivity contribution is -0.127. The summed E-state index contributed by atoms with van der Waals surface area (Å²) in [4.78, 5) is 11.5. The summed E-state index contributed by atoms with van der Waals surface area (Å²) >= 11 is 0. The summed E-state index contributed by atoms with van der Waals surface area (Å²) in [5, 5.41) is 7.04. The highest BCUT2D eigenvalue weighted by Gasteiger charge is 2.30. The first kappa shape index (κ1) is 14.7. The molecule has 0 aromatic heterocycles. The van der Waals surface area contributed by atoms with Crippen molar-refractivity contribution in [3.8, 4) is 5.75 Å². The summed E-state index contributed by atoms with van der Waals surface area (Å²) in [6, 6.07) is 3.95. The largest absolute Gasteiger partial charge is 0.480 e. The molecule has 0 saturated heterocycles. The Bertz CT molecular complexity index is 633. The van der Waals surface area contributed by atoms with E-state index in [4.69, 9.17) is 9.88 Å². The van der Waals surface area contributed by atoms with Crippen molar-refractivity contribution >= 4 is 15.9 Å². The molecule has 1 amide bonds. The number of alkyl halides is 2. The fourth-order valence-electron chi connectivity index (χ4n) is 1.84. The van der Waals surface area contributed by atoms with Gasteiger partial charge in [-0.05, 0) is 23.8 Å². The van der Waals surface area contributed by atoms with Gasteiger partial charge in [0.05, 0.1) is 11.4 Å². The molecule has 0 fully saturated rings. The zero-order valence-corrected chi connectivity index (χ0v) is 11.0. The highest BCUT2D eigenvalue weighted by Crippen LogP contribution is 2.30. The summed E-state index contributed by atoms with van der Waals surface area (Å²) in [6.45, 7) is -0.753. The Morgan fingerprint density at radius 1 is 1.50 bits per heavy atom. The molecule has 2 rings (SSSR count). The quantitative estimate of drug-likeness (QED) is 0.819. The second-order valence-electron chi connectivity index (χ2n) is 4.26. The van der Waals surface area contributed by atoms with Crippen molar-refractivity contribution in [2.75, 3.05) is 6.54 Å². The molecule has 1 heterocycles. The van der Waals surface area contributed by atoms with Crippen LogP contribution in [0.1, 0.15) is 5.56 Å². The monoisotopic (exact) mass is 306 g/mol. The van der Waals surface area contributed by atoms with Gasteiger partial charge in [-0.3, -0.25) is 4.79 Å². The van der Waals surface area contributed by atoms with Crippen LogP contribution >= 0.6 is 0 Å². The average molecular weight is 306 g/mol. The maximum atomic E-state index is 12.0. The van der Waals surface area contributed by atoms with Crippen molar-refractivity contribution in [3.63, 3.8) is 0 Å². The predicted molar refractivity (Wildman–Crippen MR) is 64.9 cm³/mol. The van der Waals surface area contributed by atoms with Crippen molar-refractivity contribution in [2.24, 2.45) is 5.14 Å². The summed E-state index contributed by atoms with van der Waals surface area (Å²) in [5.41, 5.74) is 0.494. The van der Waals surface area contributed by atoms with Gasteiger partial charge < -0.3 is 10.1 Å². The van der Waals surface area contributed by atoms with E-state index < -0.39 is 35.0 Å². The van der Waals surface area contributed by atoms with E-state index in [-0.39, 0.29) is 11.3 Å². The molecule has 0 spiro atoms. The fourth-order valence-corrected chi connectivity index (χ4v) is 2.40. The van der Waals surface area contributed by atoms with E-state index in [1.54, 1.807) is 0 Å². The first-order valence-corrected chi connectivity index (χ1v) is 7.20. The number of sulfonamides is 1.